The lowest BCUT2D eigenvalue weighted by atomic mass is 9.80. The van der Waals surface area contributed by atoms with Crippen LogP contribution in [0.15, 0.2) is 12.1 Å². The first kappa shape index (κ1) is 14.5. The first-order chi connectivity index (χ1) is 9.01. The lowest BCUT2D eigenvalue weighted by Gasteiger charge is -2.34. The zero-order valence-corrected chi connectivity index (χ0v) is 13.1. The zero-order chi connectivity index (χ0) is 14.0. The number of halogens is 1. The van der Waals surface area contributed by atoms with E-state index in [-0.39, 0.29) is 0 Å². The van der Waals surface area contributed by atoms with Crippen molar-refractivity contribution in [1.29, 1.82) is 0 Å². The fourth-order valence-corrected chi connectivity index (χ4v) is 3.18. The first-order valence-corrected chi connectivity index (χ1v) is 7.49. The molecule has 0 radical (unpaired) electrons. The molecule has 106 valence electrons. The fraction of sp³-hybridized carbons (Fsp3) is 0.625. The number of hydrogen-bond acceptors (Lipinski definition) is 2. The van der Waals surface area contributed by atoms with E-state index >= 15 is 0 Å². The number of hydrogen-bond donors (Lipinski definition) is 1. The van der Waals surface area contributed by atoms with Gasteiger partial charge in [-0.3, -0.25) is 0 Å². The topological polar surface area (TPSA) is 21.3 Å². The number of benzene rings is 1. The smallest absolute Gasteiger partial charge is 0.143 e. The minimum Gasteiger partial charge on any atom is -0.495 e. The average molecular weight is 282 g/mol. The molecule has 0 heterocycles. The molecule has 3 atom stereocenters. The maximum absolute atomic E-state index is 6.15. The predicted octanol–water partition coefficient (Wildman–Crippen LogP) is 4.89. The Labute approximate surface area is 121 Å². The van der Waals surface area contributed by atoms with E-state index in [0.29, 0.717) is 12.0 Å². The van der Waals surface area contributed by atoms with Crippen molar-refractivity contribution in [3.8, 4) is 5.75 Å². The van der Waals surface area contributed by atoms with E-state index < -0.39 is 0 Å². The Balaban J connectivity index is 2.16. The molecule has 0 amide bonds. The highest BCUT2D eigenvalue weighted by molar-refractivity contribution is 6.31. The maximum Gasteiger partial charge on any atom is 0.143 e. The molecule has 1 saturated carbocycles. The number of aryl methyl sites for hydroxylation is 1. The van der Waals surface area contributed by atoms with Crippen molar-refractivity contribution < 1.29 is 4.74 Å². The molecular formula is C16H24ClNO. The van der Waals surface area contributed by atoms with Gasteiger partial charge in [-0.15, -0.1) is 0 Å². The van der Waals surface area contributed by atoms with Gasteiger partial charge in [0.05, 0.1) is 12.8 Å². The molecule has 2 rings (SSSR count). The molecular weight excluding hydrogens is 258 g/mol. The van der Waals surface area contributed by atoms with E-state index in [4.69, 9.17) is 16.3 Å². The van der Waals surface area contributed by atoms with Crippen LogP contribution < -0.4 is 10.1 Å². The SMILES string of the molecule is COc1cc(Cl)c(C)cc1NC1CCC(C)CC1C. The van der Waals surface area contributed by atoms with Crippen molar-refractivity contribution in [3.63, 3.8) is 0 Å². The summed E-state index contributed by atoms with van der Waals surface area (Å²) in [6.45, 7) is 6.71. The van der Waals surface area contributed by atoms with Gasteiger partial charge in [-0.2, -0.15) is 0 Å². The molecule has 19 heavy (non-hydrogen) atoms. The summed E-state index contributed by atoms with van der Waals surface area (Å²) in [7, 11) is 1.69. The minimum atomic E-state index is 0.533. The van der Waals surface area contributed by atoms with Gasteiger partial charge in [-0.25, -0.2) is 0 Å². The van der Waals surface area contributed by atoms with Crippen molar-refractivity contribution in [3.05, 3.63) is 22.7 Å². The largest absolute Gasteiger partial charge is 0.495 e. The van der Waals surface area contributed by atoms with Crippen LogP contribution >= 0.6 is 11.6 Å². The number of anilines is 1. The molecule has 1 aromatic rings. The molecule has 1 fully saturated rings. The van der Waals surface area contributed by atoms with Crippen LogP contribution in [0.4, 0.5) is 5.69 Å². The molecule has 0 bridgehead atoms. The van der Waals surface area contributed by atoms with E-state index in [2.05, 4.69) is 25.2 Å². The van der Waals surface area contributed by atoms with Crippen LogP contribution in [0, 0.1) is 18.8 Å². The lowest BCUT2D eigenvalue weighted by Crippen LogP contribution is -2.33. The van der Waals surface area contributed by atoms with Crippen molar-refractivity contribution >= 4 is 17.3 Å². The second-order valence-electron chi connectivity index (χ2n) is 5.95. The van der Waals surface area contributed by atoms with Gasteiger partial charge >= 0.3 is 0 Å². The van der Waals surface area contributed by atoms with E-state index in [1.54, 1.807) is 7.11 Å². The van der Waals surface area contributed by atoms with E-state index in [0.717, 1.165) is 27.9 Å². The van der Waals surface area contributed by atoms with Gasteiger partial charge in [0.25, 0.3) is 0 Å². The normalized spacial score (nSPS) is 27.1. The zero-order valence-electron chi connectivity index (χ0n) is 12.3. The number of rotatable bonds is 3. The van der Waals surface area contributed by atoms with Crippen LogP contribution in [-0.4, -0.2) is 13.2 Å². The van der Waals surface area contributed by atoms with Gasteiger partial charge < -0.3 is 10.1 Å². The predicted molar refractivity (Wildman–Crippen MR) is 82.3 cm³/mol. The van der Waals surface area contributed by atoms with Crippen molar-refractivity contribution in [2.75, 3.05) is 12.4 Å². The first-order valence-electron chi connectivity index (χ1n) is 7.12. The molecule has 1 N–H and O–H groups in total. The monoisotopic (exact) mass is 281 g/mol. The van der Waals surface area contributed by atoms with Crippen LogP contribution in [0.5, 0.6) is 5.75 Å². The molecule has 0 aliphatic heterocycles. The summed E-state index contributed by atoms with van der Waals surface area (Å²) in [5, 5.41) is 4.41. The molecule has 1 aromatic carbocycles. The fourth-order valence-electron chi connectivity index (χ4n) is 3.02. The molecule has 1 aliphatic carbocycles. The third kappa shape index (κ3) is 3.36. The molecule has 0 aromatic heterocycles. The summed E-state index contributed by atoms with van der Waals surface area (Å²) in [6, 6.07) is 4.52. The summed E-state index contributed by atoms with van der Waals surface area (Å²) in [5.41, 5.74) is 2.15. The third-order valence-electron chi connectivity index (χ3n) is 4.25. The Morgan fingerprint density at radius 1 is 1.26 bits per heavy atom. The standard InChI is InChI=1S/C16H24ClNO/c1-10-5-6-14(12(3)7-10)18-15-8-11(2)13(17)9-16(15)19-4/h8-10,12,14,18H,5-7H2,1-4H3. The lowest BCUT2D eigenvalue weighted by molar-refractivity contribution is 0.276. The van der Waals surface area contributed by atoms with Gasteiger partial charge in [0.1, 0.15) is 5.75 Å². The van der Waals surface area contributed by atoms with E-state index in [9.17, 15) is 0 Å². The van der Waals surface area contributed by atoms with Crippen LogP contribution in [0.2, 0.25) is 5.02 Å². The molecule has 0 saturated heterocycles. The van der Waals surface area contributed by atoms with Crippen LogP contribution in [-0.2, 0) is 0 Å². The number of ether oxygens (including phenoxy) is 1. The summed E-state index contributed by atoms with van der Waals surface area (Å²) >= 11 is 6.15. The minimum absolute atomic E-state index is 0.533. The summed E-state index contributed by atoms with van der Waals surface area (Å²) < 4.78 is 5.43. The quantitative estimate of drug-likeness (QED) is 0.851. The van der Waals surface area contributed by atoms with Crippen molar-refractivity contribution in [2.24, 2.45) is 11.8 Å². The van der Waals surface area contributed by atoms with Crippen LogP contribution in [0.1, 0.15) is 38.7 Å². The third-order valence-corrected chi connectivity index (χ3v) is 4.66. The molecule has 1 aliphatic rings. The summed E-state index contributed by atoms with van der Waals surface area (Å²) in [6.07, 6.45) is 3.83. The van der Waals surface area contributed by atoms with Gasteiger partial charge in [0.15, 0.2) is 0 Å². The number of nitrogens with one attached hydrogen (secondary N) is 1. The molecule has 3 heteroatoms. The summed E-state index contributed by atoms with van der Waals surface area (Å²) in [5.74, 6) is 2.38. The molecule has 0 spiro atoms. The second-order valence-corrected chi connectivity index (χ2v) is 6.36. The van der Waals surface area contributed by atoms with Gasteiger partial charge in [0.2, 0.25) is 0 Å². The molecule has 3 unspecified atom stereocenters. The Bertz CT molecular complexity index is 447. The highest BCUT2D eigenvalue weighted by Crippen LogP contribution is 2.35. The maximum atomic E-state index is 6.15. The Kier molecular flexibility index (Phi) is 4.62. The molecule has 2 nitrogen and oxygen atoms in total. The van der Waals surface area contributed by atoms with Crippen molar-refractivity contribution in [2.45, 2.75) is 46.1 Å². The van der Waals surface area contributed by atoms with Crippen molar-refractivity contribution in [1.82, 2.24) is 0 Å². The van der Waals surface area contributed by atoms with Crippen LogP contribution in [0.3, 0.4) is 0 Å². The van der Waals surface area contributed by atoms with E-state index in [1.807, 2.05) is 13.0 Å². The Hall–Kier alpha value is -0.890. The van der Waals surface area contributed by atoms with Gasteiger partial charge in [0, 0.05) is 17.1 Å². The van der Waals surface area contributed by atoms with Gasteiger partial charge in [-0.05, 0) is 49.7 Å². The van der Waals surface area contributed by atoms with Gasteiger partial charge in [-0.1, -0.05) is 25.4 Å². The Morgan fingerprint density at radius 3 is 2.63 bits per heavy atom. The Morgan fingerprint density at radius 2 is 2.00 bits per heavy atom. The number of methoxy groups -OCH3 is 1. The highest BCUT2D eigenvalue weighted by Gasteiger charge is 2.25. The second kappa shape index (κ2) is 6.04. The summed E-state index contributed by atoms with van der Waals surface area (Å²) in [4.78, 5) is 0. The van der Waals surface area contributed by atoms with Crippen LogP contribution in [0.25, 0.3) is 0 Å². The van der Waals surface area contributed by atoms with E-state index in [1.165, 1.54) is 19.3 Å². The highest BCUT2D eigenvalue weighted by atomic mass is 35.5. The average Bonchev–Trinajstić information content (AvgIpc) is 2.36.